The minimum absolute atomic E-state index is 0.0172. The lowest BCUT2D eigenvalue weighted by Gasteiger charge is -2.16. The van der Waals surface area contributed by atoms with E-state index in [9.17, 15) is 5.11 Å². The van der Waals surface area contributed by atoms with Crippen LogP contribution in [-0.2, 0) is 0 Å². The van der Waals surface area contributed by atoms with Gasteiger partial charge in [-0.3, -0.25) is 0 Å². The van der Waals surface area contributed by atoms with E-state index in [4.69, 9.17) is 14.2 Å². The van der Waals surface area contributed by atoms with Crippen LogP contribution >= 0.6 is 0 Å². The molecule has 2 aromatic rings. The molecule has 2 aromatic carbocycles. The Morgan fingerprint density at radius 2 is 1.57 bits per heavy atom. The quantitative estimate of drug-likeness (QED) is 0.851. The van der Waals surface area contributed by atoms with Gasteiger partial charge in [-0.2, -0.15) is 0 Å². The summed E-state index contributed by atoms with van der Waals surface area (Å²) in [5.74, 6) is 2.21. The van der Waals surface area contributed by atoms with Gasteiger partial charge in [0.25, 0.3) is 0 Å². The molecule has 0 saturated heterocycles. The topological polar surface area (TPSA) is 47.9 Å². The lowest BCUT2D eigenvalue weighted by atomic mass is 10.0. The monoisotopic (exact) mass is 288 g/mol. The third kappa shape index (κ3) is 4.13. The predicted octanol–water partition coefficient (Wildman–Crippen LogP) is 2.86. The summed E-state index contributed by atoms with van der Waals surface area (Å²) >= 11 is 0. The highest BCUT2D eigenvalue weighted by atomic mass is 16.5. The first kappa shape index (κ1) is 15.2. The zero-order valence-corrected chi connectivity index (χ0v) is 12.3. The summed E-state index contributed by atoms with van der Waals surface area (Å²) < 4.78 is 16.0. The van der Waals surface area contributed by atoms with Crippen LogP contribution in [-0.4, -0.2) is 32.5 Å². The Kier molecular flexibility index (Phi) is 5.46. The SMILES string of the molecule is COc1ccc(OCC(CO)c2cccc(OC)c2)cc1. The number of benzene rings is 2. The van der Waals surface area contributed by atoms with Crippen molar-refractivity contribution >= 4 is 0 Å². The highest BCUT2D eigenvalue weighted by Crippen LogP contribution is 2.23. The van der Waals surface area contributed by atoms with Gasteiger partial charge < -0.3 is 19.3 Å². The molecule has 0 aromatic heterocycles. The predicted molar refractivity (Wildman–Crippen MR) is 81.3 cm³/mol. The van der Waals surface area contributed by atoms with Crippen LogP contribution in [0, 0.1) is 0 Å². The van der Waals surface area contributed by atoms with Crippen molar-refractivity contribution in [2.45, 2.75) is 5.92 Å². The first-order chi connectivity index (χ1) is 10.3. The average Bonchev–Trinajstić information content (AvgIpc) is 2.56. The maximum Gasteiger partial charge on any atom is 0.119 e. The highest BCUT2D eigenvalue weighted by Gasteiger charge is 2.12. The molecule has 1 N–H and O–H groups in total. The molecule has 0 amide bonds. The smallest absolute Gasteiger partial charge is 0.119 e. The van der Waals surface area contributed by atoms with Gasteiger partial charge in [0.1, 0.15) is 17.2 Å². The van der Waals surface area contributed by atoms with Crippen molar-refractivity contribution in [3.63, 3.8) is 0 Å². The Labute approximate surface area is 124 Å². The second-order valence-electron chi connectivity index (χ2n) is 4.64. The molecule has 4 nitrogen and oxygen atoms in total. The molecule has 0 radical (unpaired) electrons. The Bertz CT molecular complexity index is 551. The van der Waals surface area contributed by atoms with Crippen LogP contribution in [0.1, 0.15) is 11.5 Å². The molecular weight excluding hydrogens is 268 g/mol. The molecule has 4 heteroatoms. The fourth-order valence-corrected chi connectivity index (χ4v) is 2.02. The third-order valence-electron chi connectivity index (χ3n) is 3.30. The summed E-state index contributed by atoms with van der Waals surface area (Å²) in [6.07, 6.45) is 0. The van der Waals surface area contributed by atoms with Gasteiger partial charge >= 0.3 is 0 Å². The second kappa shape index (κ2) is 7.55. The second-order valence-corrected chi connectivity index (χ2v) is 4.64. The van der Waals surface area contributed by atoms with E-state index in [2.05, 4.69) is 0 Å². The average molecular weight is 288 g/mol. The molecule has 0 aliphatic carbocycles. The molecule has 0 saturated carbocycles. The van der Waals surface area contributed by atoms with Gasteiger partial charge in [0.2, 0.25) is 0 Å². The zero-order chi connectivity index (χ0) is 15.1. The van der Waals surface area contributed by atoms with Crippen LogP contribution in [0.15, 0.2) is 48.5 Å². The lowest BCUT2D eigenvalue weighted by Crippen LogP contribution is -2.14. The molecule has 1 atom stereocenters. The molecule has 0 spiro atoms. The van der Waals surface area contributed by atoms with Crippen molar-refractivity contribution in [2.75, 3.05) is 27.4 Å². The van der Waals surface area contributed by atoms with E-state index in [0.29, 0.717) is 6.61 Å². The summed E-state index contributed by atoms with van der Waals surface area (Å²) in [5, 5.41) is 9.56. The van der Waals surface area contributed by atoms with Crippen molar-refractivity contribution in [2.24, 2.45) is 0 Å². The molecular formula is C17H20O4. The normalized spacial score (nSPS) is 11.8. The third-order valence-corrected chi connectivity index (χ3v) is 3.30. The summed E-state index contributed by atoms with van der Waals surface area (Å²) in [6, 6.07) is 15.0. The van der Waals surface area contributed by atoms with E-state index >= 15 is 0 Å². The van der Waals surface area contributed by atoms with Crippen molar-refractivity contribution < 1.29 is 19.3 Å². The lowest BCUT2D eigenvalue weighted by molar-refractivity contribution is 0.205. The number of aliphatic hydroxyl groups excluding tert-OH is 1. The van der Waals surface area contributed by atoms with Gasteiger partial charge in [-0.25, -0.2) is 0 Å². The van der Waals surface area contributed by atoms with Crippen molar-refractivity contribution in [3.05, 3.63) is 54.1 Å². The summed E-state index contributed by atoms with van der Waals surface area (Å²) in [7, 11) is 3.25. The van der Waals surface area contributed by atoms with Crippen LogP contribution in [0.25, 0.3) is 0 Å². The van der Waals surface area contributed by atoms with E-state index in [1.54, 1.807) is 14.2 Å². The maximum atomic E-state index is 9.56. The van der Waals surface area contributed by atoms with Crippen LogP contribution in [0.4, 0.5) is 0 Å². The van der Waals surface area contributed by atoms with Crippen molar-refractivity contribution in [1.82, 2.24) is 0 Å². The molecule has 0 aliphatic heterocycles. The van der Waals surface area contributed by atoms with Crippen LogP contribution in [0.5, 0.6) is 17.2 Å². The van der Waals surface area contributed by atoms with Crippen molar-refractivity contribution in [1.29, 1.82) is 0 Å². The first-order valence-corrected chi connectivity index (χ1v) is 6.78. The Balaban J connectivity index is 2.01. The van der Waals surface area contributed by atoms with Gasteiger partial charge in [0.05, 0.1) is 27.4 Å². The Morgan fingerprint density at radius 3 is 2.19 bits per heavy atom. The largest absolute Gasteiger partial charge is 0.497 e. The van der Waals surface area contributed by atoms with E-state index in [1.807, 2.05) is 48.5 Å². The molecule has 1 unspecified atom stereocenters. The first-order valence-electron chi connectivity index (χ1n) is 6.78. The number of rotatable bonds is 7. The fourth-order valence-electron chi connectivity index (χ4n) is 2.02. The highest BCUT2D eigenvalue weighted by molar-refractivity contribution is 5.33. The molecule has 0 aliphatic rings. The molecule has 112 valence electrons. The van der Waals surface area contributed by atoms with Crippen molar-refractivity contribution in [3.8, 4) is 17.2 Å². The van der Waals surface area contributed by atoms with E-state index < -0.39 is 0 Å². The standard InChI is InChI=1S/C17H20O4/c1-19-15-6-8-16(9-7-15)21-12-14(11-18)13-4-3-5-17(10-13)20-2/h3-10,14,18H,11-12H2,1-2H3. The Morgan fingerprint density at radius 1 is 0.905 bits per heavy atom. The fraction of sp³-hybridized carbons (Fsp3) is 0.294. The summed E-state index contributed by atoms with van der Waals surface area (Å²) in [5.41, 5.74) is 0.991. The van der Waals surface area contributed by atoms with Gasteiger partial charge in [0.15, 0.2) is 0 Å². The number of aliphatic hydroxyl groups is 1. The number of methoxy groups -OCH3 is 2. The van der Waals surface area contributed by atoms with Gasteiger partial charge in [-0.15, -0.1) is 0 Å². The number of ether oxygens (including phenoxy) is 3. The summed E-state index contributed by atoms with van der Waals surface area (Å²) in [6.45, 7) is 0.416. The van der Waals surface area contributed by atoms with Gasteiger partial charge in [-0.05, 0) is 42.0 Å². The van der Waals surface area contributed by atoms with Gasteiger partial charge in [0, 0.05) is 5.92 Å². The molecule has 2 rings (SSSR count). The van der Waals surface area contributed by atoms with E-state index in [1.165, 1.54) is 0 Å². The van der Waals surface area contributed by atoms with Crippen LogP contribution in [0.2, 0.25) is 0 Å². The molecule has 0 heterocycles. The van der Waals surface area contributed by atoms with Crippen LogP contribution in [0.3, 0.4) is 0 Å². The molecule has 21 heavy (non-hydrogen) atoms. The Hall–Kier alpha value is -2.20. The van der Waals surface area contributed by atoms with Gasteiger partial charge in [-0.1, -0.05) is 12.1 Å². The minimum Gasteiger partial charge on any atom is -0.497 e. The number of hydrogen-bond acceptors (Lipinski definition) is 4. The number of hydrogen-bond donors (Lipinski definition) is 1. The van der Waals surface area contributed by atoms with Crippen LogP contribution < -0.4 is 14.2 Å². The zero-order valence-electron chi connectivity index (χ0n) is 12.3. The van der Waals surface area contributed by atoms with E-state index in [-0.39, 0.29) is 12.5 Å². The maximum absolute atomic E-state index is 9.56. The minimum atomic E-state index is -0.0952. The summed E-state index contributed by atoms with van der Waals surface area (Å²) in [4.78, 5) is 0. The molecule has 0 bridgehead atoms. The molecule has 0 fully saturated rings. The van der Waals surface area contributed by atoms with E-state index in [0.717, 1.165) is 22.8 Å².